The number of benzene rings is 1. The van der Waals surface area contributed by atoms with Gasteiger partial charge in [0.05, 0.1) is 0 Å². The van der Waals surface area contributed by atoms with E-state index in [1.807, 2.05) is 18.2 Å². The maximum atomic E-state index is 11.4. The van der Waals surface area contributed by atoms with Gasteiger partial charge in [-0.05, 0) is 22.6 Å². The Kier molecular flexibility index (Phi) is 4.11. The summed E-state index contributed by atoms with van der Waals surface area (Å²) in [6.45, 7) is 6.56. The first-order valence-electron chi connectivity index (χ1n) is 5.80. The third-order valence-corrected chi connectivity index (χ3v) is 2.64. The lowest BCUT2D eigenvalue weighted by Gasteiger charge is -2.18. The molecule has 0 radical (unpaired) electrons. The minimum Gasteiger partial charge on any atom is -0.345 e. The van der Waals surface area contributed by atoms with Crippen LogP contribution in [0.3, 0.4) is 0 Å². The molecule has 1 amide bonds. The smallest absolute Gasteiger partial charge is 0.246 e. The van der Waals surface area contributed by atoms with Gasteiger partial charge in [0.1, 0.15) is 0 Å². The maximum absolute atomic E-state index is 11.4. The fourth-order valence-corrected chi connectivity index (χ4v) is 1.41. The van der Waals surface area contributed by atoms with Crippen molar-refractivity contribution in [3.8, 4) is 0 Å². The third-order valence-electron chi connectivity index (χ3n) is 2.64. The van der Waals surface area contributed by atoms with Crippen LogP contribution in [-0.4, -0.2) is 24.9 Å². The van der Waals surface area contributed by atoms with Crippen molar-refractivity contribution in [1.29, 1.82) is 0 Å². The van der Waals surface area contributed by atoms with E-state index < -0.39 is 0 Å². The van der Waals surface area contributed by atoms with Crippen molar-refractivity contribution in [3.63, 3.8) is 0 Å². The Balaban J connectivity index is 2.79. The van der Waals surface area contributed by atoms with Crippen molar-refractivity contribution in [3.05, 3.63) is 41.5 Å². The van der Waals surface area contributed by atoms with Crippen molar-refractivity contribution < 1.29 is 4.79 Å². The molecule has 0 aliphatic heterocycles. The van der Waals surface area contributed by atoms with E-state index in [0.29, 0.717) is 0 Å². The molecule has 0 bridgehead atoms. The van der Waals surface area contributed by atoms with E-state index in [2.05, 4.69) is 32.9 Å². The molecule has 0 spiro atoms. The summed E-state index contributed by atoms with van der Waals surface area (Å²) in [5.74, 6) is 0.00454. The van der Waals surface area contributed by atoms with Gasteiger partial charge in [0.15, 0.2) is 0 Å². The van der Waals surface area contributed by atoms with Crippen LogP contribution in [0, 0.1) is 0 Å². The number of carbonyl (C=O) groups is 1. The molecule has 2 heteroatoms. The number of hydrogen-bond acceptors (Lipinski definition) is 1. The van der Waals surface area contributed by atoms with Crippen LogP contribution in [0.1, 0.15) is 31.9 Å². The molecular formula is C15H21NO. The number of nitrogens with zero attached hydrogens (tertiary/aromatic N) is 1. The highest BCUT2D eigenvalue weighted by atomic mass is 16.2. The minimum atomic E-state index is 0.00454. The molecule has 0 atom stereocenters. The van der Waals surface area contributed by atoms with Crippen LogP contribution in [0.4, 0.5) is 0 Å². The molecule has 92 valence electrons. The van der Waals surface area contributed by atoms with E-state index in [9.17, 15) is 4.79 Å². The second-order valence-electron chi connectivity index (χ2n) is 5.44. The van der Waals surface area contributed by atoms with Gasteiger partial charge in [0.25, 0.3) is 0 Å². The summed E-state index contributed by atoms with van der Waals surface area (Å²) < 4.78 is 0. The van der Waals surface area contributed by atoms with Crippen LogP contribution in [0.15, 0.2) is 30.3 Å². The van der Waals surface area contributed by atoms with Crippen LogP contribution in [-0.2, 0) is 10.2 Å². The molecule has 0 fully saturated rings. The summed E-state index contributed by atoms with van der Waals surface area (Å²) in [5, 5.41) is 0. The zero-order valence-electron chi connectivity index (χ0n) is 11.3. The Morgan fingerprint density at radius 2 is 1.65 bits per heavy atom. The van der Waals surface area contributed by atoms with E-state index in [1.165, 1.54) is 5.56 Å². The van der Waals surface area contributed by atoms with Gasteiger partial charge in [-0.15, -0.1) is 0 Å². The van der Waals surface area contributed by atoms with E-state index in [-0.39, 0.29) is 11.3 Å². The van der Waals surface area contributed by atoms with Crippen molar-refractivity contribution in [2.45, 2.75) is 26.2 Å². The SMILES string of the molecule is CN(C)C(=O)/C=C/c1ccc(C(C)(C)C)cc1. The van der Waals surface area contributed by atoms with Gasteiger partial charge in [0.2, 0.25) is 5.91 Å². The monoisotopic (exact) mass is 231 g/mol. The van der Waals surface area contributed by atoms with E-state index in [0.717, 1.165) is 5.56 Å². The van der Waals surface area contributed by atoms with Crippen LogP contribution >= 0.6 is 0 Å². The molecule has 0 saturated carbocycles. The van der Waals surface area contributed by atoms with Gasteiger partial charge in [-0.2, -0.15) is 0 Å². The fraction of sp³-hybridized carbons (Fsp3) is 0.400. The number of carbonyl (C=O) groups excluding carboxylic acids is 1. The molecule has 1 aromatic rings. The van der Waals surface area contributed by atoms with E-state index in [1.54, 1.807) is 25.1 Å². The highest BCUT2D eigenvalue weighted by Gasteiger charge is 2.12. The number of hydrogen-bond donors (Lipinski definition) is 0. The molecule has 2 nitrogen and oxygen atoms in total. The third kappa shape index (κ3) is 4.06. The lowest BCUT2D eigenvalue weighted by Crippen LogP contribution is -2.18. The fourth-order valence-electron chi connectivity index (χ4n) is 1.41. The van der Waals surface area contributed by atoms with Crippen LogP contribution in [0.25, 0.3) is 6.08 Å². The zero-order valence-corrected chi connectivity index (χ0v) is 11.3. The molecule has 0 saturated heterocycles. The molecule has 0 N–H and O–H groups in total. The molecule has 0 unspecified atom stereocenters. The summed E-state index contributed by atoms with van der Waals surface area (Å²) in [4.78, 5) is 12.9. The van der Waals surface area contributed by atoms with Crippen molar-refractivity contribution >= 4 is 12.0 Å². The molecule has 0 aromatic heterocycles. The molecule has 0 heterocycles. The van der Waals surface area contributed by atoms with Gasteiger partial charge in [-0.25, -0.2) is 0 Å². The molecule has 1 aromatic carbocycles. The Labute approximate surface area is 104 Å². The summed E-state index contributed by atoms with van der Waals surface area (Å²) in [6.07, 6.45) is 3.43. The Morgan fingerprint density at radius 3 is 2.06 bits per heavy atom. The quantitative estimate of drug-likeness (QED) is 0.716. The Hall–Kier alpha value is -1.57. The lowest BCUT2D eigenvalue weighted by atomic mass is 9.87. The average Bonchev–Trinajstić information content (AvgIpc) is 2.25. The van der Waals surface area contributed by atoms with Gasteiger partial charge in [0, 0.05) is 20.2 Å². The minimum absolute atomic E-state index is 0.00454. The largest absolute Gasteiger partial charge is 0.345 e. The van der Waals surface area contributed by atoms with Crippen molar-refractivity contribution in [1.82, 2.24) is 4.90 Å². The summed E-state index contributed by atoms with van der Waals surface area (Å²) in [7, 11) is 3.49. The molecule has 0 aliphatic rings. The van der Waals surface area contributed by atoms with E-state index >= 15 is 0 Å². The van der Waals surface area contributed by atoms with E-state index in [4.69, 9.17) is 0 Å². The number of amides is 1. The Morgan fingerprint density at radius 1 is 1.12 bits per heavy atom. The van der Waals surface area contributed by atoms with Gasteiger partial charge >= 0.3 is 0 Å². The van der Waals surface area contributed by atoms with Gasteiger partial charge < -0.3 is 4.90 Å². The predicted octanol–water partition coefficient (Wildman–Crippen LogP) is 3.09. The van der Waals surface area contributed by atoms with Crippen molar-refractivity contribution in [2.24, 2.45) is 0 Å². The molecule has 0 aliphatic carbocycles. The normalized spacial score (nSPS) is 11.8. The molecular weight excluding hydrogens is 210 g/mol. The molecule has 1 rings (SSSR count). The van der Waals surface area contributed by atoms with Crippen LogP contribution in [0.5, 0.6) is 0 Å². The number of likely N-dealkylation sites (N-methyl/N-ethyl adjacent to an activating group) is 1. The highest BCUT2D eigenvalue weighted by Crippen LogP contribution is 2.22. The summed E-state index contributed by atoms with van der Waals surface area (Å²) in [6, 6.07) is 8.31. The first-order chi connectivity index (χ1) is 7.80. The van der Waals surface area contributed by atoms with Crippen LogP contribution < -0.4 is 0 Å². The zero-order chi connectivity index (χ0) is 13.1. The summed E-state index contributed by atoms with van der Waals surface area (Å²) in [5.41, 5.74) is 2.52. The maximum Gasteiger partial charge on any atom is 0.246 e. The molecule has 17 heavy (non-hydrogen) atoms. The number of rotatable bonds is 2. The van der Waals surface area contributed by atoms with Crippen molar-refractivity contribution in [2.75, 3.05) is 14.1 Å². The summed E-state index contributed by atoms with van der Waals surface area (Å²) >= 11 is 0. The first kappa shape index (κ1) is 13.5. The Bertz CT molecular complexity index is 408. The van der Waals surface area contributed by atoms with Gasteiger partial charge in [-0.3, -0.25) is 4.79 Å². The predicted molar refractivity (Wildman–Crippen MR) is 72.9 cm³/mol. The highest BCUT2D eigenvalue weighted by molar-refractivity contribution is 5.91. The van der Waals surface area contributed by atoms with Gasteiger partial charge in [-0.1, -0.05) is 45.0 Å². The first-order valence-corrected chi connectivity index (χ1v) is 5.80. The second kappa shape index (κ2) is 5.17. The lowest BCUT2D eigenvalue weighted by molar-refractivity contribution is -0.123. The average molecular weight is 231 g/mol. The topological polar surface area (TPSA) is 20.3 Å². The standard InChI is InChI=1S/C15H21NO/c1-15(2,3)13-9-6-12(7-10-13)8-11-14(17)16(4)5/h6-11H,1-5H3/b11-8+. The second-order valence-corrected chi connectivity index (χ2v) is 5.44. The van der Waals surface area contributed by atoms with Crippen LogP contribution in [0.2, 0.25) is 0 Å².